The van der Waals surface area contributed by atoms with Crippen LogP contribution in [-0.2, 0) is 0 Å². The molecule has 1 aromatic carbocycles. The van der Waals surface area contributed by atoms with Gasteiger partial charge in [0, 0.05) is 15.2 Å². The molecule has 1 N–H and O–H groups in total. The van der Waals surface area contributed by atoms with E-state index in [0.717, 1.165) is 6.54 Å². The third kappa shape index (κ3) is 2.95. The fraction of sp³-hybridized carbons (Fsp3) is 0.467. The summed E-state index contributed by atoms with van der Waals surface area (Å²) in [4.78, 5) is 0. The van der Waals surface area contributed by atoms with E-state index in [1.165, 1.54) is 26.5 Å². The van der Waals surface area contributed by atoms with Gasteiger partial charge in [0.05, 0.1) is 0 Å². The summed E-state index contributed by atoms with van der Waals surface area (Å²) in [5.74, 6) is 0.705. The first-order valence-electron chi connectivity index (χ1n) is 6.52. The number of rotatable bonds is 5. The van der Waals surface area contributed by atoms with E-state index in [0.29, 0.717) is 12.0 Å². The van der Waals surface area contributed by atoms with Gasteiger partial charge in [0.2, 0.25) is 0 Å². The zero-order valence-electron chi connectivity index (χ0n) is 11.2. The topological polar surface area (TPSA) is 12.0 Å². The Bertz CT molecular complexity index is 518. The molecule has 18 heavy (non-hydrogen) atoms. The van der Waals surface area contributed by atoms with Gasteiger partial charge in [-0.25, -0.2) is 0 Å². The Balaban J connectivity index is 2.41. The maximum absolute atomic E-state index is 3.64. The molecule has 1 unspecified atom stereocenters. The molecule has 0 fully saturated rings. The second kappa shape index (κ2) is 6.18. The van der Waals surface area contributed by atoms with Crippen molar-refractivity contribution in [3.8, 4) is 0 Å². The van der Waals surface area contributed by atoms with Gasteiger partial charge in [-0.2, -0.15) is 0 Å². The summed E-state index contributed by atoms with van der Waals surface area (Å²) in [6.07, 6.45) is 1.19. The Hall–Kier alpha value is -0.380. The van der Waals surface area contributed by atoms with Gasteiger partial charge in [0.1, 0.15) is 0 Å². The van der Waals surface area contributed by atoms with Crippen molar-refractivity contribution in [3.63, 3.8) is 0 Å². The minimum Gasteiger partial charge on any atom is -0.310 e. The number of halogens is 1. The minimum atomic E-state index is 0.470. The second-order valence-electron chi connectivity index (χ2n) is 5.05. The number of nitrogens with one attached hydrogen (secondary N) is 1. The van der Waals surface area contributed by atoms with Gasteiger partial charge in [-0.1, -0.05) is 32.9 Å². The van der Waals surface area contributed by atoms with Gasteiger partial charge >= 0.3 is 0 Å². The van der Waals surface area contributed by atoms with E-state index in [1.54, 1.807) is 0 Å². The molecular weight excluding hydrogens is 306 g/mol. The summed E-state index contributed by atoms with van der Waals surface area (Å²) in [6, 6.07) is 6.95. The Morgan fingerprint density at radius 3 is 2.78 bits per heavy atom. The van der Waals surface area contributed by atoms with Crippen LogP contribution in [0.1, 0.15) is 38.8 Å². The summed E-state index contributed by atoms with van der Waals surface area (Å²) in [5.41, 5.74) is 1.45. The molecule has 0 saturated carbocycles. The lowest BCUT2D eigenvalue weighted by Gasteiger charge is -2.19. The fourth-order valence-corrected chi connectivity index (χ4v) is 4.03. The molecule has 3 heteroatoms. The quantitative estimate of drug-likeness (QED) is 0.780. The van der Waals surface area contributed by atoms with Crippen molar-refractivity contribution < 1.29 is 0 Å². The summed E-state index contributed by atoms with van der Waals surface area (Å²) >= 11 is 5.47. The largest absolute Gasteiger partial charge is 0.310 e. The van der Waals surface area contributed by atoms with Crippen molar-refractivity contribution in [2.24, 2.45) is 5.92 Å². The van der Waals surface area contributed by atoms with Crippen molar-refractivity contribution in [3.05, 3.63) is 33.6 Å². The van der Waals surface area contributed by atoms with Crippen LogP contribution >= 0.6 is 27.3 Å². The number of hydrogen-bond acceptors (Lipinski definition) is 2. The zero-order chi connectivity index (χ0) is 13.1. The summed E-state index contributed by atoms with van der Waals surface area (Å²) in [6.45, 7) is 7.77. The standard InChI is InChI=1S/C15H20BrNS/c1-4-17-14(8-10(2)3)12-9-18-15-11(12)6-5-7-13(15)16/h5-7,9-10,14,17H,4,8H2,1-3H3. The maximum atomic E-state index is 3.64. The molecule has 0 saturated heterocycles. The average Bonchev–Trinajstić information content (AvgIpc) is 2.73. The Labute approximate surface area is 122 Å². The SMILES string of the molecule is CCNC(CC(C)C)c1csc2c(Br)cccc12. The highest BCUT2D eigenvalue weighted by Crippen LogP contribution is 2.36. The summed E-state index contributed by atoms with van der Waals surface area (Å²) < 4.78 is 2.57. The number of thiophene rings is 1. The first-order chi connectivity index (χ1) is 8.63. The average molecular weight is 326 g/mol. The van der Waals surface area contributed by atoms with Crippen molar-refractivity contribution >= 4 is 37.4 Å². The van der Waals surface area contributed by atoms with Crippen LogP contribution in [0.2, 0.25) is 0 Å². The molecule has 0 aliphatic rings. The molecule has 0 radical (unpaired) electrons. The second-order valence-corrected chi connectivity index (χ2v) is 6.78. The molecule has 0 bridgehead atoms. The molecular formula is C15H20BrNS. The van der Waals surface area contributed by atoms with Gasteiger partial charge in [0.25, 0.3) is 0 Å². The number of fused-ring (bicyclic) bond motifs is 1. The van der Waals surface area contributed by atoms with E-state index in [4.69, 9.17) is 0 Å². The molecule has 1 nitrogen and oxygen atoms in total. The maximum Gasteiger partial charge on any atom is 0.0488 e. The number of benzene rings is 1. The smallest absolute Gasteiger partial charge is 0.0488 e. The summed E-state index contributed by atoms with van der Waals surface area (Å²) in [5, 5.41) is 7.32. The lowest BCUT2D eigenvalue weighted by molar-refractivity contribution is 0.441. The molecule has 0 aliphatic heterocycles. The van der Waals surface area contributed by atoms with Gasteiger partial charge in [-0.15, -0.1) is 11.3 Å². The minimum absolute atomic E-state index is 0.470. The van der Waals surface area contributed by atoms with Crippen molar-refractivity contribution in [2.45, 2.75) is 33.2 Å². The van der Waals surface area contributed by atoms with Crippen molar-refractivity contribution in [1.82, 2.24) is 5.32 Å². The van der Waals surface area contributed by atoms with Crippen LogP contribution in [0.3, 0.4) is 0 Å². The lowest BCUT2D eigenvalue weighted by Crippen LogP contribution is -2.22. The first kappa shape index (κ1) is 14.0. The molecule has 1 aromatic heterocycles. The lowest BCUT2D eigenvalue weighted by atomic mass is 9.96. The van der Waals surface area contributed by atoms with Gasteiger partial charge in [-0.05, 0) is 57.2 Å². The van der Waals surface area contributed by atoms with Crippen molar-refractivity contribution in [2.75, 3.05) is 6.54 Å². The van der Waals surface area contributed by atoms with Crippen LogP contribution in [-0.4, -0.2) is 6.54 Å². The van der Waals surface area contributed by atoms with Crippen LogP contribution in [0.4, 0.5) is 0 Å². The van der Waals surface area contributed by atoms with E-state index >= 15 is 0 Å². The van der Waals surface area contributed by atoms with Crippen molar-refractivity contribution in [1.29, 1.82) is 0 Å². The zero-order valence-corrected chi connectivity index (χ0v) is 13.6. The van der Waals surface area contributed by atoms with Gasteiger partial charge in [-0.3, -0.25) is 0 Å². The van der Waals surface area contributed by atoms with Gasteiger partial charge < -0.3 is 5.32 Å². The van der Waals surface area contributed by atoms with E-state index in [9.17, 15) is 0 Å². The monoisotopic (exact) mass is 325 g/mol. The normalized spacial score (nSPS) is 13.4. The highest BCUT2D eigenvalue weighted by molar-refractivity contribution is 9.10. The molecule has 98 valence electrons. The highest BCUT2D eigenvalue weighted by Gasteiger charge is 2.17. The van der Waals surface area contributed by atoms with Crippen LogP contribution in [0, 0.1) is 5.92 Å². The Morgan fingerprint density at radius 2 is 2.11 bits per heavy atom. The molecule has 2 rings (SSSR count). The van der Waals surface area contributed by atoms with Crippen LogP contribution in [0.15, 0.2) is 28.1 Å². The first-order valence-corrected chi connectivity index (χ1v) is 8.19. The third-order valence-electron chi connectivity index (χ3n) is 3.11. The molecule has 0 amide bonds. The molecule has 0 aliphatic carbocycles. The van der Waals surface area contributed by atoms with E-state index < -0.39 is 0 Å². The molecule has 1 heterocycles. The van der Waals surface area contributed by atoms with Crippen LogP contribution in [0.25, 0.3) is 10.1 Å². The van der Waals surface area contributed by atoms with E-state index in [-0.39, 0.29) is 0 Å². The van der Waals surface area contributed by atoms with Crippen LogP contribution in [0.5, 0.6) is 0 Å². The number of hydrogen-bond donors (Lipinski definition) is 1. The third-order valence-corrected chi connectivity index (χ3v) is 5.09. The van der Waals surface area contributed by atoms with Crippen LogP contribution < -0.4 is 5.32 Å². The molecule has 2 aromatic rings. The Kier molecular flexibility index (Phi) is 4.82. The van der Waals surface area contributed by atoms with E-state index in [2.05, 4.69) is 65.6 Å². The molecule has 0 spiro atoms. The predicted molar refractivity (Wildman–Crippen MR) is 85.4 cm³/mol. The molecule has 1 atom stereocenters. The fourth-order valence-electron chi connectivity index (χ4n) is 2.35. The highest BCUT2D eigenvalue weighted by atomic mass is 79.9. The Morgan fingerprint density at radius 1 is 1.33 bits per heavy atom. The summed E-state index contributed by atoms with van der Waals surface area (Å²) in [7, 11) is 0. The predicted octanol–water partition coefficient (Wildman–Crippen LogP) is 5.36. The van der Waals surface area contributed by atoms with E-state index in [1.807, 2.05) is 11.3 Å². The van der Waals surface area contributed by atoms with Gasteiger partial charge in [0.15, 0.2) is 0 Å².